The van der Waals surface area contributed by atoms with Gasteiger partial charge in [-0.1, -0.05) is 45.2 Å². The van der Waals surface area contributed by atoms with Gasteiger partial charge in [0.15, 0.2) is 0 Å². The third kappa shape index (κ3) is 10.8. The number of carbonyl (C=O) groups excluding carboxylic acids is 3. The van der Waals surface area contributed by atoms with Crippen LogP contribution in [0.1, 0.15) is 85.3 Å². The average Bonchev–Trinajstić information content (AvgIpc) is 2.75. The van der Waals surface area contributed by atoms with E-state index in [0.29, 0.717) is 18.5 Å². The standard InChI is InChI=1S/C26H43N3O5S/c1-7-9-10-15-29(24(32)21(17-35)28-25(33)34-26(4,5)6)22(19-13-11-14-20(30)16-19)23(31)27-18(3)12-8-2/h11,13-14,16,18,21-22,30,35H,7-10,12,15,17H2,1-6H3,(H,27,31)(H,28,33). The first-order valence-corrected chi connectivity index (χ1v) is 13.1. The van der Waals surface area contributed by atoms with E-state index in [2.05, 4.69) is 30.2 Å². The number of nitrogens with one attached hydrogen (secondary N) is 2. The van der Waals surface area contributed by atoms with Gasteiger partial charge in [0.1, 0.15) is 23.4 Å². The summed E-state index contributed by atoms with van der Waals surface area (Å²) in [5, 5.41) is 15.7. The summed E-state index contributed by atoms with van der Waals surface area (Å²) < 4.78 is 5.32. The Labute approximate surface area is 215 Å². The molecular weight excluding hydrogens is 466 g/mol. The lowest BCUT2D eigenvalue weighted by Crippen LogP contribution is -2.54. The number of rotatable bonds is 13. The molecule has 198 valence electrons. The summed E-state index contributed by atoms with van der Waals surface area (Å²) in [6.07, 6.45) is 3.45. The van der Waals surface area contributed by atoms with Gasteiger partial charge >= 0.3 is 6.09 Å². The van der Waals surface area contributed by atoms with Crippen LogP contribution in [0.3, 0.4) is 0 Å². The molecule has 8 nitrogen and oxygen atoms in total. The van der Waals surface area contributed by atoms with Gasteiger partial charge in [-0.15, -0.1) is 0 Å². The highest BCUT2D eigenvalue weighted by Crippen LogP contribution is 2.26. The number of amides is 3. The second-order valence-corrected chi connectivity index (χ2v) is 10.2. The predicted molar refractivity (Wildman–Crippen MR) is 142 cm³/mol. The molecule has 3 atom stereocenters. The molecule has 3 unspecified atom stereocenters. The maximum atomic E-state index is 13.7. The van der Waals surface area contributed by atoms with Crippen molar-refractivity contribution in [1.82, 2.24) is 15.5 Å². The number of carbonyl (C=O) groups is 3. The van der Waals surface area contributed by atoms with Gasteiger partial charge in [-0.05, 0) is 58.2 Å². The first-order valence-electron chi connectivity index (χ1n) is 12.4. The van der Waals surface area contributed by atoms with Crippen LogP contribution in [0.5, 0.6) is 5.75 Å². The predicted octanol–water partition coefficient (Wildman–Crippen LogP) is 4.58. The van der Waals surface area contributed by atoms with Gasteiger partial charge in [0, 0.05) is 18.3 Å². The van der Waals surface area contributed by atoms with Crippen molar-refractivity contribution in [2.24, 2.45) is 0 Å². The fourth-order valence-electron chi connectivity index (χ4n) is 3.73. The van der Waals surface area contributed by atoms with E-state index in [1.54, 1.807) is 32.9 Å². The van der Waals surface area contributed by atoms with Crippen molar-refractivity contribution in [2.45, 2.75) is 97.4 Å². The molecule has 0 radical (unpaired) electrons. The van der Waals surface area contributed by atoms with Crippen molar-refractivity contribution in [2.75, 3.05) is 12.3 Å². The molecule has 0 heterocycles. The van der Waals surface area contributed by atoms with Crippen LogP contribution in [0.4, 0.5) is 4.79 Å². The second-order valence-electron chi connectivity index (χ2n) is 9.82. The van der Waals surface area contributed by atoms with Gasteiger partial charge in [-0.25, -0.2) is 4.79 Å². The summed E-state index contributed by atoms with van der Waals surface area (Å²) in [5.74, 6) is -0.742. The molecule has 1 rings (SSSR count). The van der Waals surface area contributed by atoms with E-state index in [4.69, 9.17) is 4.74 Å². The van der Waals surface area contributed by atoms with Gasteiger partial charge in [0.25, 0.3) is 0 Å². The molecule has 9 heteroatoms. The largest absolute Gasteiger partial charge is 0.508 e. The van der Waals surface area contributed by atoms with Crippen molar-refractivity contribution in [3.05, 3.63) is 29.8 Å². The lowest BCUT2D eigenvalue weighted by atomic mass is 10.0. The summed E-state index contributed by atoms with van der Waals surface area (Å²) in [7, 11) is 0. The fourth-order valence-corrected chi connectivity index (χ4v) is 3.98. The molecule has 35 heavy (non-hydrogen) atoms. The van der Waals surface area contributed by atoms with Gasteiger partial charge in [-0.3, -0.25) is 9.59 Å². The maximum Gasteiger partial charge on any atom is 0.408 e. The van der Waals surface area contributed by atoms with E-state index in [-0.39, 0.29) is 23.5 Å². The topological polar surface area (TPSA) is 108 Å². The molecule has 0 saturated carbocycles. The molecule has 3 N–H and O–H groups in total. The average molecular weight is 510 g/mol. The Morgan fingerprint density at radius 3 is 2.34 bits per heavy atom. The molecule has 1 aromatic rings. The number of hydrogen-bond acceptors (Lipinski definition) is 6. The Morgan fingerprint density at radius 2 is 1.80 bits per heavy atom. The zero-order valence-corrected chi connectivity index (χ0v) is 22.9. The smallest absolute Gasteiger partial charge is 0.408 e. The van der Waals surface area contributed by atoms with Gasteiger partial charge in [0.2, 0.25) is 11.8 Å². The van der Waals surface area contributed by atoms with E-state index in [1.807, 2.05) is 13.8 Å². The van der Waals surface area contributed by atoms with E-state index in [0.717, 1.165) is 25.7 Å². The first kappa shape index (κ1) is 30.6. The molecule has 0 aliphatic carbocycles. The van der Waals surface area contributed by atoms with E-state index in [1.165, 1.54) is 17.0 Å². The van der Waals surface area contributed by atoms with Crippen LogP contribution in [0.25, 0.3) is 0 Å². The van der Waals surface area contributed by atoms with Crippen LogP contribution in [-0.2, 0) is 14.3 Å². The maximum absolute atomic E-state index is 13.7. The monoisotopic (exact) mass is 509 g/mol. The van der Waals surface area contributed by atoms with Crippen molar-refractivity contribution < 1.29 is 24.2 Å². The summed E-state index contributed by atoms with van der Waals surface area (Å²) in [6, 6.07) is 4.31. The van der Waals surface area contributed by atoms with E-state index >= 15 is 0 Å². The number of ether oxygens (including phenoxy) is 1. The van der Waals surface area contributed by atoms with Crippen molar-refractivity contribution >= 4 is 30.5 Å². The van der Waals surface area contributed by atoms with E-state index in [9.17, 15) is 19.5 Å². The van der Waals surface area contributed by atoms with Crippen molar-refractivity contribution in [3.8, 4) is 5.75 Å². The van der Waals surface area contributed by atoms with Gasteiger partial charge in [-0.2, -0.15) is 12.6 Å². The fraction of sp³-hybridized carbons (Fsp3) is 0.654. The Morgan fingerprint density at radius 1 is 1.11 bits per heavy atom. The third-order valence-corrected chi connectivity index (χ3v) is 5.68. The molecule has 0 aliphatic heterocycles. The molecule has 3 amide bonds. The Hall–Kier alpha value is -2.42. The number of unbranched alkanes of at least 4 members (excludes halogenated alkanes) is 2. The highest BCUT2D eigenvalue weighted by molar-refractivity contribution is 7.80. The highest BCUT2D eigenvalue weighted by Gasteiger charge is 2.36. The van der Waals surface area contributed by atoms with Crippen LogP contribution >= 0.6 is 12.6 Å². The van der Waals surface area contributed by atoms with Crippen molar-refractivity contribution in [1.29, 1.82) is 0 Å². The quantitative estimate of drug-likeness (QED) is 0.230. The highest BCUT2D eigenvalue weighted by atomic mass is 32.1. The van der Waals surface area contributed by atoms with E-state index < -0.39 is 29.7 Å². The molecule has 0 saturated heterocycles. The zero-order chi connectivity index (χ0) is 26.6. The molecule has 1 aromatic carbocycles. The normalized spacial score (nSPS) is 13.9. The summed E-state index contributed by atoms with van der Waals surface area (Å²) in [4.78, 5) is 41.2. The minimum absolute atomic E-state index is 0.000453. The number of aromatic hydroxyl groups is 1. The first-order chi connectivity index (χ1) is 16.4. The summed E-state index contributed by atoms with van der Waals surface area (Å²) in [6.45, 7) is 11.5. The SMILES string of the molecule is CCCCCN(C(=O)C(CS)NC(=O)OC(C)(C)C)C(C(=O)NC(C)CCC)c1cccc(O)c1. The molecular formula is C26H43N3O5S. The molecule has 0 aromatic heterocycles. The third-order valence-electron chi connectivity index (χ3n) is 5.31. The van der Waals surface area contributed by atoms with Crippen LogP contribution in [0.15, 0.2) is 24.3 Å². The van der Waals surface area contributed by atoms with Crippen LogP contribution in [-0.4, -0.2) is 57.9 Å². The summed E-state index contributed by atoms with van der Waals surface area (Å²) in [5.41, 5.74) is -0.236. The Kier molecular flexibility index (Phi) is 13.0. The summed E-state index contributed by atoms with van der Waals surface area (Å²) >= 11 is 4.29. The number of nitrogens with zero attached hydrogens (tertiary/aromatic N) is 1. The minimum Gasteiger partial charge on any atom is -0.508 e. The number of hydrogen-bond donors (Lipinski definition) is 4. The zero-order valence-electron chi connectivity index (χ0n) is 22.0. The number of alkyl carbamates (subject to hydrolysis) is 1. The van der Waals surface area contributed by atoms with Crippen LogP contribution in [0.2, 0.25) is 0 Å². The number of phenols is 1. The number of benzene rings is 1. The number of thiol groups is 1. The van der Waals surface area contributed by atoms with Crippen LogP contribution < -0.4 is 10.6 Å². The Bertz CT molecular complexity index is 827. The van der Waals surface area contributed by atoms with Crippen molar-refractivity contribution in [3.63, 3.8) is 0 Å². The van der Waals surface area contributed by atoms with Gasteiger partial charge in [0.05, 0.1) is 0 Å². The number of phenolic OH excluding ortho intramolecular Hbond substituents is 1. The van der Waals surface area contributed by atoms with Gasteiger partial charge < -0.3 is 25.4 Å². The minimum atomic E-state index is -0.990. The van der Waals surface area contributed by atoms with Crippen LogP contribution in [0, 0.1) is 0 Å². The lowest BCUT2D eigenvalue weighted by molar-refractivity contribution is -0.142. The second kappa shape index (κ2) is 14.9. The molecule has 0 aliphatic rings. The molecule has 0 fully saturated rings. The molecule has 0 spiro atoms. The lowest BCUT2D eigenvalue weighted by Gasteiger charge is -2.35. The Balaban J connectivity index is 3.38. The molecule has 0 bridgehead atoms.